The number of carboxylic acid groups (broad SMARTS) is 1. The van der Waals surface area contributed by atoms with E-state index in [9.17, 15) is 9.90 Å². The van der Waals surface area contributed by atoms with Crippen LogP contribution in [0.1, 0.15) is 39.0 Å². The van der Waals surface area contributed by atoms with E-state index in [1.807, 2.05) is 0 Å². The molecule has 0 aromatic carbocycles. The lowest BCUT2D eigenvalue weighted by Gasteiger charge is -2.37. The summed E-state index contributed by atoms with van der Waals surface area (Å²) in [7, 11) is 0. The Bertz CT molecular complexity index is 211. The van der Waals surface area contributed by atoms with Crippen LogP contribution in [0.25, 0.3) is 0 Å². The fourth-order valence-corrected chi connectivity index (χ4v) is 2.28. The van der Waals surface area contributed by atoms with Gasteiger partial charge in [0.25, 0.3) is 0 Å². The Hall–Kier alpha value is -0.610. The Morgan fingerprint density at radius 3 is 2.29 bits per heavy atom. The normalized spacial score (nSPS) is 25.4. The minimum atomic E-state index is -1.74. The smallest absolute Gasteiger partial charge is 0.337 e. The summed E-state index contributed by atoms with van der Waals surface area (Å²) in [5.74, 6) is -1.37. The first kappa shape index (κ1) is 11.5. The highest BCUT2D eigenvalue weighted by Crippen LogP contribution is 2.34. The Balaban J connectivity index is 2.80. The molecule has 1 aliphatic carbocycles. The predicted molar refractivity (Wildman–Crippen MR) is 52.8 cm³/mol. The summed E-state index contributed by atoms with van der Waals surface area (Å²) in [4.78, 5) is 11.0. The fraction of sp³-hybridized carbons (Fsp3) is 0.900. The molecular formula is C10H19NO3. The molecule has 4 nitrogen and oxygen atoms in total. The molecule has 2 unspecified atom stereocenters. The maximum Gasteiger partial charge on any atom is 0.337 e. The molecule has 0 bridgehead atoms. The van der Waals surface area contributed by atoms with Gasteiger partial charge < -0.3 is 15.9 Å². The minimum absolute atomic E-state index is 0.186. The Kier molecular flexibility index (Phi) is 3.50. The van der Waals surface area contributed by atoms with Gasteiger partial charge in [0.05, 0.1) is 0 Å². The summed E-state index contributed by atoms with van der Waals surface area (Å²) >= 11 is 0. The lowest BCUT2D eigenvalue weighted by molar-refractivity contribution is -0.169. The largest absolute Gasteiger partial charge is 0.479 e. The van der Waals surface area contributed by atoms with Gasteiger partial charge in [-0.2, -0.15) is 0 Å². The second kappa shape index (κ2) is 4.28. The molecule has 82 valence electrons. The molecule has 1 saturated carbocycles. The van der Waals surface area contributed by atoms with Crippen molar-refractivity contribution < 1.29 is 15.0 Å². The van der Waals surface area contributed by atoms with Crippen LogP contribution in [0, 0.1) is 5.92 Å². The van der Waals surface area contributed by atoms with Crippen LogP contribution in [0.5, 0.6) is 0 Å². The molecular weight excluding hydrogens is 182 g/mol. The maximum absolute atomic E-state index is 11.0. The van der Waals surface area contributed by atoms with Crippen molar-refractivity contribution >= 4 is 5.97 Å². The van der Waals surface area contributed by atoms with E-state index < -0.39 is 17.6 Å². The van der Waals surface area contributed by atoms with Crippen LogP contribution in [-0.4, -0.2) is 27.8 Å². The third-order valence-corrected chi connectivity index (χ3v) is 3.26. The van der Waals surface area contributed by atoms with Gasteiger partial charge in [-0.1, -0.05) is 19.3 Å². The van der Waals surface area contributed by atoms with Crippen molar-refractivity contribution in [2.75, 3.05) is 0 Å². The number of hydrogen-bond acceptors (Lipinski definition) is 3. The summed E-state index contributed by atoms with van der Waals surface area (Å²) in [6.45, 7) is 1.56. The second-order valence-corrected chi connectivity index (χ2v) is 4.25. The standard InChI is InChI=1S/C10H19NO3/c1-7(11)10(14,9(12)13)8-5-3-2-4-6-8/h7-8,14H,2-6,11H2,1H3,(H,12,13). The van der Waals surface area contributed by atoms with E-state index in [1.165, 1.54) is 0 Å². The first-order valence-corrected chi connectivity index (χ1v) is 5.21. The lowest BCUT2D eigenvalue weighted by Crippen LogP contribution is -2.58. The SMILES string of the molecule is CC(N)C(O)(C(=O)O)C1CCCCC1. The van der Waals surface area contributed by atoms with Crippen molar-refractivity contribution in [3.8, 4) is 0 Å². The number of carboxylic acids is 1. The summed E-state index contributed by atoms with van der Waals surface area (Å²) in [6.07, 6.45) is 4.65. The number of aliphatic hydroxyl groups is 1. The van der Waals surface area contributed by atoms with E-state index in [2.05, 4.69) is 0 Å². The lowest BCUT2D eigenvalue weighted by atomic mass is 9.74. The molecule has 0 heterocycles. The minimum Gasteiger partial charge on any atom is -0.479 e. The monoisotopic (exact) mass is 201 g/mol. The zero-order valence-electron chi connectivity index (χ0n) is 8.57. The molecule has 0 saturated heterocycles. The Morgan fingerprint density at radius 1 is 1.43 bits per heavy atom. The van der Waals surface area contributed by atoms with Crippen LogP contribution in [0.4, 0.5) is 0 Å². The molecule has 14 heavy (non-hydrogen) atoms. The van der Waals surface area contributed by atoms with Gasteiger partial charge in [0, 0.05) is 12.0 Å². The second-order valence-electron chi connectivity index (χ2n) is 4.25. The molecule has 0 amide bonds. The molecule has 4 heteroatoms. The average Bonchev–Trinajstić information content (AvgIpc) is 2.17. The highest BCUT2D eigenvalue weighted by atomic mass is 16.4. The third kappa shape index (κ3) is 1.91. The van der Waals surface area contributed by atoms with E-state index >= 15 is 0 Å². The van der Waals surface area contributed by atoms with Gasteiger partial charge in [0.15, 0.2) is 5.60 Å². The van der Waals surface area contributed by atoms with Gasteiger partial charge in [-0.05, 0) is 19.8 Å². The van der Waals surface area contributed by atoms with Crippen molar-refractivity contribution in [1.29, 1.82) is 0 Å². The molecule has 0 aromatic heterocycles. The topological polar surface area (TPSA) is 83.5 Å². The molecule has 1 aliphatic rings. The van der Waals surface area contributed by atoms with Crippen LogP contribution in [0.2, 0.25) is 0 Å². The van der Waals surface area contributed by atoms with Crippen LogP contribution in [0.3, 0.4) is 0 Å². The molecule has 1 fully saturated rings. The Morgan fingerprint density at radius 2 is 1.93 bits per heavy atom. The molecule has 1 rings (SSSR count). The van der Waals surface area contributed by atoms with Gasteiger partial charge >= 0.3 is 5.97 Å². The maximum atomic E-state index is 11.0. The van der Waals surface area contributed by atoms with Crippen LogP contribution < -0.4 is 5.73 Å². The van der Waals surface area contributed by atoms with E-state index in [4.69, 9.17) is 10.8 Å². The average molecular weight is 201 g/mol. The van der Waals surface area contributed by atoms with Crippen molar-refractivity contribution in [1.82, 2.24) is 0 Å². The van der Waals surface area contributed by atoms with Gasteiger partial charge in [0.1, 0.15) is 0 Å². The van der Waals surface area contributed by atoms with Crippen LogP contribution in [-0.2, 0) is 4.79 Å². The molecule has 0 aromatic rings. The number of hydrogen-bond donors (Lipinski definition) is 3. The van der Waals surface area contributed by atoms with Crippen molar-refractivity contribution in [3.05, 3.63) is 0 Å². The summed E-state index contributed by atoms with van der Waals surface area (Å²) < 4.78 is 0. The zero-order valence-corrected chi connectivity index (χ0v) is 8.57. The van der Waals surface area contributed by atoms with Crippen molar-refractivity contribution in [2.45, 2.75) is 50.7 Å². The number of carbonyl (C=O) groups is 1. The first-order chi connectivity index (χ1) is 6.49. The van der Waals surface area contributed by atoms with Gasteiger partial charge in [-0.15, -0.1) is 0 Å². The fourth-order valence-electron chi connectivity index (χ4n) is 2.28. The summed E-state index contributed by atoms with van der Waals surface area (Å²) in [5.41, 5.74) is 3.84. The van der Waals surface area contributed by atoms with E-state index in [1.54, 1.807) is 6.92 Å². The van der Waals surface area contributed by atoms with E-state index in [0.717, 1.165) is 32.1 Å². The highest BCUT2D eigenvalue weighted by molar-refractivity contribution is 5.78. The van der Waals surface area contributed by atoms with Gasteiger partial charge in [-0.25, -0.2) is 4.79 Å². The van der Waals surface area contributed by atoms with E-state index in [0.29, 0.717) is 0 Å². The molecule has 0 radical (unpaired) electrons. The van der Waals surface area contributed by atoms with Crippen molar-refractivity contribution in [3.63, 3.8) is 0 Å². The third-order valence-electron chi connectivity index (χ3n) is 3.26. The summed E-state index contributed by atoms with van der Waals surface area (Å²) in [6, 6.07) is -0.719. The number of aliphatic carboxylic acids is 1. The molecule has 2 atom stereocenters. The molecule has 0 spiro atoms. The van der Waals surface area contributed by atoms with E-state index in [-0.39, 0.29) is 5.92 Å². The molecule has 0 aliphatic heterocycles. The summed E-state index contributed by atoms with van der Waals surface area (Å²) in [5, 5.41) is 19.1. The number of rotatable bonds is 3. The first-order valence-electron chi connectivity index (χ1n) is 5.21. The van der Waals surface area contributed by atoms with Crippen LogP contribution >= 0.6 is 0 Å². The van der Waals surface area contributed by atoms with Crippen molar-refractivity contribution in [2.24, 2.45) is 11.7 Å². The number of nitrogens with two attached hydrogens (primary N) is 1. The van der Waals surface area contributed by atoms with Crippen LogP contribution in [0.15, 0.2) is 0 Å². The highest BCUT2D eigenvalue weighted by Gasteiger charge is 2.47. The zero-order chi connectivity index (χ0) is 10.8. The quantitative estimate of drug-likeness (QED) is 0.628. The van der Waals surface area contributed by atoms with Gasteiger partial charge in [-0.3, -0.25) is 0 Å². The molecule has 4 N–H and O–H groups in total. The van der Waals surface area contributed by atoms with Gasteiger partial charge in [0.2, 0.25) is 0 Å². The Labute approximate surface area is 84.1 Å². The predicted octanol–water partition coefficient (Wildman–Crippen LogP) is 0.730.